The highest BCUT2D eigenvalue weighted by molar-refractivity contribution is 7.17. The van der Waals surface area contributed by atoms with E-state index in [2.05, 4.69) is 10.3 Å². The minimum absolute atomic E-state index is 0.124. The summed E-state index contributed by atoms with van der Waals surface area (Å²) in [4.78, 5) is 17.2. The summed E-state index contributed by atoms with van der Waals surface area (Å²) in [5.74, 6) is -0.140. The molecular formula is C15H17N3O2S. The fourth-order valence-corrected chi connectivity index (χ4v) is 3.15. The quantitative estimate of drug-likeness (QED) is 0.908. The van der Waals surface area contributed by atoms with E-state index in [9.17, 15) is 4.79 Å². The number of carbonyl (C=O) groups is 1. The SMILES string of the molecule is Nc1nc(-c2ccccc2)c(C(=O)NCC2CCCO2)s1. The summed E-state index contributed by atoms with van der Waals surface area (Å²) in [6.07, 6.45) is 2.18. The molecule has 0 saturated carbocycles. The first kappa shape index (κ1) is 14.0. The van der Waals surface area contributed by atoms with Crippen LogP contribution in [-0.2, 0) is 4.74 Å². The van der Waals surface area contributed by atoms with Gasteiger partial charge in [-0.05, 0) is 12.8 Å². The molecule has 1 aromatic heterocycles. The number of nitrogen functional groups attached to an aromatic ring is 1. The van der Waals surface area contributed by atoms with Gasteiger partial charge in [-0.2, -0.15) is 0 Å². The van der Waals surface area contributed by atoms with Crippen LogP contribution in [0.2, 0.25) is 0 Å². The maximum Gasteiger partial charge on any atom is 0.263 e. The molecule has 3 N–H and O–H groups in total. The van der Waals surface area contributed by atoms with Crippen LogP contribution >= 0.6 is 11.3 Å². The van der Waals surface area contributed by atoms with Crippen LogP contribution in [0.5, 0.6) is 0 Å². The first-order valence-electron chi connectivity index (χ1n) is 6.95. The molecule has 2 aromatic rings. The molecule has 5 nitrogen and oxygen atoms in total. The number of anilines is 1. The van der Waals surface area contributed by atoms with Crippen molar-refractivity contribution in [3.05, 3.63) is 35.2 Å². The summed E-state index contributed by atoms with van der Waals surface area (Å²) >= 11 is 1.21. The van der Waals surface area contributed by atoms with Crippen molar-refractivity contribution < 1.29 is 9.53 Å². The third-order valence-electron chi connectivity index (χ3n) is 3.41. The molecule has 6 heteroatoms. The Balaban J connectivity index is 1.76. The van der Waals surface area contributed by atoms with Crippen LogP contribution in [0.15, 0.2) is 30.3 Å². The van der Waals surface area contributed by atoms with E-state index in [1.807, 2.05) is 30.3 Å². The van der Waals surface area contributed by atoms with Crippen LogP contribution < -0.4 is 11.1 Å². The molecule has 0 spiro atoms. The predicted molar refractivity (Wildman–Crippen MR) is 83.3 cm³/mol. The number of hydrogen-bond donors (Lipinski definition) is 2. The molecule has 1 aliphatic rings. The van der Waals surface area contributed by atoms with Crippen LogP contribution in [0, 0.1) is 0 Å². The summed E-state index contributed by atoms with van der Waals surface area (Å²) < 4.78 is 5.51. The lowest BCUT2D eigenvalue weighted by Crippen LogP contribution is -2.31. The topological polar surface area (TPSA) is 77.2 Å². The van der Waals surface area contributed by atoms with Crippen molar-refractivity contribution >= 4 is 22.4 Å². The van der Waals surface area contributed by atoms with Gasteiger partial charge in [0, 0.05) is 18.7 Å². The Morgan fingerprint density at radius 1 is 1.43 bits per heavy atom. The Morgan fingerprint density at radius 2 is 2.24 bits per heavy atom. The van der Waals surface area contributed by atoms with E-state index < -0.39 is 0 Å². The number of carbonyl (C=O) groups excluding carboxylic acids is 1. The molecule has 1 aromatic carbocycles. The van der Waals surface area contributed by atoms with E-state index in [1.54, 1.807) is 0 Å². The monoisotopic (exact) mass is 303 g/mol. The molecule has 0 bridgehead atoms. The predicted octanol–water partition coefficient (Wildman–Crippen LogP) is 2.30. The number of rotatable bonds is 4. The van der Waals surface area contributed by atoms with Gasteiger partial charge in [0.15, 0.2) is 5.13 Å². The summed E-state index contributed by atoms with van der Waals surface area (Å²) in [7, 11) is 0. The van der Waals surface area contributed by atoms with E-state index in [-0.39, 0.29) is 12.0 Å². The van der Waals surface area contributed by atoms with Crippen molar-refractivity contribution in [2.75, 3.05) is 18.9 Å². The van der Waals surface area contributed by atoms with Gasteiger partial charge in [-0.1, -0.05) is 41.7 Å². The van der Waals surface area contributed by atoms with Crippen LogP contribution in [0.1, 0.15) is 22.5 Å². The second-order valence-corrected chi connectivity index (χ2v) is 5.97. The third kappa shape index (κ3) is 3.22. The van der Waals surface area contributed by atoms with Crippen molar-refractivity contribution in [3.8, 4) is 11.3 Å². The zero-order valence-electron chi connectivity index (χ0n) is 11.5. The van der Waals surface area contributed by atoms with Crippen LogP contribution in [0.4, 0.5) is 5.13 Å². The molecule has 1 saturated heterocycles. The van der Waals surface area contributed by atoms with E-state index in [4.69, 9.17) is 10.5 Å². The molecule has 21 heavy (non-hydrogen) atoms. The maximum absolute atomic E-state index is 12.4. The first-order chi connectivity index (χ1) is 10.2. The number of aromatic nitrogens is 1. The van der Waals surface area contributed by atoms with Crippen molar-refractivity contribution in [2.24, 2.45) is 0 Å². The van der Waals surface area contributed by atoms with E-state index in [1.165, 1.54) is 11.3 Å². The lowest BCUT2D eigenvalue weighted by molar-refractivity contribution is 0.0861. The zero-order chi connectivity index (χ0) is 14.7. The van der Waals surface area contributed by atoms with Gasteiger partial charge in [-0.15, -0.1) is 0 Å². The molecule has 1 aliphatic heterocycles. The summed E-state index contributed by atoms with van der Waals surface area (Å²) in [5, 5.41) is 3.31. The van der Waals surface area contributed by atoms with E-state index >= 15 is 0 Å². The second kappa shape index (κ2) is 6.24. The fraction of sp³-hybridized carbons (Fsp3) is 0.333. The van der Waals surface area contributed by atoms with E-state index in [0.29, 0.717) is 22.2 Å². The van der Waals surface area contributed by atoms with Gasteiger partial charge >= 0.3 is 0 Å². The standard InChI is InChI=1S/C15H17N3O2S/c16-15-18-12(10-5-2-1-3-6-10)13(21-15)14(19)17-9-11-7-4-8-20-11/h1-3,5-6,11H,4,7-9H2,(H2,16,18)(H,17,19). The summed E-state index contributed by atoms with van der Waals surface area (Å²) in [5.41, 5.74) is 7.31. The lowest BCUT2D eigenvalue weighted by Gasteiger charge is -2.10. The largest absolute Gasteiger partial charge is 0.376 e. The minimum atomic E-state index is -0.140. The molecule has 2 heterocycles. The van der Waals surface area contributed by atoms with Crippen molar-refractivity contribution in [2.45, 2.75) is 18.9 Å². The smallest absolute Gasteiger partial charge is 0.263 e. The molecule has 1 amide bonds. The highest BCUT2D eigenvalue weighted by Gasteiger charge is 2.21. The highest BCUT2D eigenvalue weighted by Crippen LogP contribution is 2.29. The van der Waals surface area contributed by atoms with Crippen molar-refractivity contribution in [3.63, 3.8) is 0 Å². The number of nitrogens with zero attached hydrogens (tertiary/aromatic N) is 1. The number of hydrogen-bond acceptors (Lipinski definition) is 5. The Bertz CT molecular complexity index is 621. The Labute approximate surface area is 127 Å². The van der Waals surface area contributed by atoms with Gasteiger partial charge < -0.3 is 15.8 Å². The summed E-state index contributed by atoms with van der Waals surface area (Å²) in [6, 6.07) is 9.60. The molecule has 1 fully saturated rings. The van der Waals surface area contributed by atoms with Crippen molar-refractivity contribution in [1.82, 2.24) is 10.3 Å². The number of thiazole rings is 1. The highest BCUT2D eigenvalue weighted by atomic mass is 32.1. The molecule has 0 aliphatic carbocycles. The number of benzene rings is 1. The molecule has 1 unspecified atom stereocenters. The summed E-state index contributed by atoms with van der Waals surface area (Å²) in [6.45, 7) is 1.31. The van der Waals surface area contributed by atoms with Gasteiger partial charge in [0.2, 0.25) is 0 Å². The first-order valence-corrected chi connectivity index (χ1v) is 7.77. The van der Waals surface area contributed by atoms with Gasteiger partial charge in [-0.25, -0.2) is 4.98 Å². The number of ether oxygens (including phenoxy) is 1. The Morgan fingerprint density at radius 3 is 2.95 bits per heavy atom. The van der Waals surface area contributed by atoms with Crippen LogP contribution in [0.25, 0.3) is 11.3 Å². The van der Waals surface area contributed by atoms with Gasteiger partial charge in [0.25, 0.3) is 5.91 Å². The fourth-order valence-electron chi connectivity index (χ4n) is 2.37. The van der Waals surface area contributed by atoms with Crippen molar-refractivity contribution in [1.29, 1.82) is 0 Å². The van der Waals surface area contributed by atoms with Crippen LogP contribution in [-0.4, -0.2) is 30.1 Å². The molecule has 1 atom stereocenters. The maximum atomic E-state index is 12.4. The molecule has 3 rings (SSSR count). The Kier molecular flexibility index (Phi) is 4.17. The van der Waals surface area contributed by atoms with Gasteiger partial charge in [0.1, 0.15) is 4.88 Å². The Hall–Kier alpha value is -1.92. The normalized spacial score (nSPS) is 17.8. The van der Waals surface area contributed by atoms with Crippen LogP contribution in [0.3, 0.4) is 0 Å². The molecule has 110 valence electrons. The van der Waals surface area contributed by atoms with E-state index in [0.717, 1.165) is 25.0 Å². The molecule has 0 radical (unpaired) electrons. The zero-order valence-corrected chi connectivity index (χ0v) is 12.4. The average Bonchev–Trinajstić information content (AvgIpc) is 3.15. The third-order valence-corrected chi connectivity index (χ3v) is 4.29. The number of amides is 1. The number of nitrogens with one attached hydrogen (secondary N) is 1. The van der Waals surface area contributed by atoms with Gasteiger partial charge in [0.05, 0.1) is 11.8 Å². The molecular weight excluding hydrogens is 286 g/mol. The lowest BCUT2D eigenvalue weighted by atomic mass is 10.1. The average molecular weight is 303 g/mol. The second-order valence-electron chi connectivity index (χ2n) is 4.94. The van der Waals surface area contributed by atoms with Gasteiger partial charge in [-0.3, -0.25) is 4.79 Å². The number of nitrogens with two attached hydrogens (primary N) is 1. The minimum Gasteiger partial charge on any atom is -0.376 e.